The Bertz CT molecular complexity index is 2590. The third-order valence-corrected chi connectivity index (χ3v) is 9.79. The molecule has 0 aliphatic rings. The SMILES string of the molecule is c1ccc(-c2cccc(N(c3cccc(N(c4ccccc4)c4ccccc4)c3)c3cccc4ccc(-c5cccc6ccccc56)cc34)c2)cc1. The predicted octanol–water partition coefficient (Wildman–Crippen LogP) is 14.3. The number of fused-ring (bicyclic) bond motifs is 2. The minimum Gasteiger partial charge on any atom is -0.310 e. The summed E-state index contributed by atoms with van der Waals surface area (Å²) < 4.78 is 0. The predicted molar refractivity (Wildman–Crippen MR) is 222 cm³/mol. The van der Waals surface area contributed by atoms with Crippen LogP contribution in [-0.4, -0.2) is 0 Å². The zero-order valence-corrected chi connectivity index (χ0v) is 28.7. The highest BCUT2D eigenvalue weighted by molar-refractivity contribution is 6.04. The Kier molecular flexibility index (Phi) is 8.24. The largest absolute Gasteiger partial charge is 0.310 e. The molecule has 0 amide bonds. The van der Waals surface area contributed by atoms with Gasteiger partial charge in [0.1, 0.15) is 0 Å². The maximum atomic E-state index is 2.42. The number of para-hydroxylation sites is 2. The van der Waals surface area contributed by atoms with E-state index in [0.717, 1.165) is 34.1 Å². The van der Waals surface area contributed by atoms with Crippen molar-refractivity contribution in [3.63, 3.8) is 0 Å². The van der Waals surface area contributed by atoms with Gasteiger partial charge in [-0.25, -0.2) is 0 Å². The second kappa shape index (κ2) is 13.8. The smallest absolute Gasteiger partial charge is 0.0540 e. The molecule has 0 unspecified atom stereocenters. The molecule has 9 aromatic rings. The number of anilines is 6. The van der Waals surface area contributed by atoms with Crippen LogP contribution in [0.5, 0.6) is 0 Å². The monoisotopic (exact) mass is 664 g/mol. The van der Waals surface area contributed by atoms with E-state index in [9.17, 15) is 0 Å². The van der Waals surface area contributed by atoms with Crippen LogP contribution in [0.15, 0.2) is 218 Å². The van der Waals surface area contributed by atoms with Crippen LogP contribution in [0, 0.1) is 0 Å². The lowest BCUT2D eigenvalue weighted by Crippen LogP contribution is -2.13. The van der Waals surface area contributed by atoms with Crippen molar-refractivity contribution >= 4 is 55.7 Å². The van der Waals surface area contributed by atoms with Crippen LogP contribution in [0.4, 0.5) is 34.1 Å². The van der Waals surface area contributed by atoms with Gasteiger partial charge in [-0.1, -0.05) is 152 Å². The number of hydrogen-bond acceptors (Lipinski definition) is 2. The van der Waals surface area contributed by atoms with Gasteiger partial charge in [-0.15, -0.1) is 0 Å². The van der Waals surface area contributed by atoms with Gasteiger partial charge in [0.2, 0.25) is 0 Å². The van der Waals surface area contributed by atoms with Gasteiger partial charge >= 0.3 is 0 Å². The molecule has 2 heteroatoms. The molecule has 0 radical (unpaired) electrons. The van der Waals surface area contributed by atoms with Crippen molar-refractivity contribution in [2.75, 3.05) is 9.80 Å². The molecule has 0 aliphatic carbocycles. The number of hydrogen-bond donors (Lipinski definition) is 0. The van der Waals surface area contributed by atoms with E-state index in [1.165, 1.54) is 43.8 Å². The maximum Gasteiger partial charge on any atom is 0.0540 e. The fourth-order valence-corrected chi connectivity index (χ4v) is 7.35. The first-order valence-electron chi connectivity index (χ1n) is 17.8. The standard InChI is InChI=1S/C50H36N2/c1-4-16-37(17-5-1)40-21-12-26-44(34-40)52(46-28-15-27-45(36-46)51(42-22-6-2-7-23-42)43-24-8-3-9-25-43)50-31-14-20-39-32-33-41(35-49(39)50)48-30-13-19-38-18-10-11-29-47(38)48/h1-36H. The Labute approximate surface area is 305 Å². The summed E-state index contributed by atoms with van der Waals surface area (Å²) >= 11 is 0. The summed E-state index contributed by atoms with van der Waals surface area (Å²) in [5.74, 6) is 0. The summed E-state index contributed by atoms with van der Waals surface area (Å²) in [7, 11) is 0. The molecule has 0 saturated heterocycles. The van der Waals surface area contributed by atoms with Crippen LogP contribution in [0.2, 0.25) is 0 Å². The van der Waals surface area contributed by atoms with Crippen molar-refractivity contribution in [2.45, 2.75) is 0 Å². The van der Waals surface area contributed by atoms with Gasteiger partial charge in [0, 0.05) is 33.8 Å². The minimum absolute atomic E-state index is 1.07. The zero-order valence-electron chi connectivity index (χ0n) is 28.7. The molecule has 0 fully saturated rings. The van der Waals surface area contributed by atoms with E-state index < -0.39 is 0 Å². The van der Waals surface area contributed by atoms with Gasteiger partial charge in [-0.05, 0) is 105 Å². The average Bonchev–Trinajstić information content (AvgIpc) is 3.22. The average molecular weight is 665 g/mol. The van der Waals surface area contributed by atoms with Gasteiger partial charge in [-0.2, -0.15) is 0 Å². The van der Waals surface area contributed by atoms with E-state index in [-0.39, 0.29) is 0 Å². The fraction of sp³-hybridized carbons (Fsp3) is 0. The molecule has 0 aliphatic heterocycles. The van der Waals surface area contributed by atoms with Crippen LogP contribution < -0.4 is 9.80 Å². The van der Waals surface area contributed by atoms with E-state index >= 15 is 0 Å². The summed E-state index contributed by atoms with van der Waals surface area (Å²) in [6.45, 7) is 0. The van der Waals surface area contributed by atoms with Crippen LogP contribution in [-0.2, 0) is 0 Å². The Balaban J connectivity index is 1.26. The molecule has 0 N–H and O–H groups in total. The van der Waals surface area contributed by atoms with Crippen molar-refractivity contribution in [2.24, 2.45) is 0 Å². The van der Waals surface area contributed by atoms with E-state index in [0.29, 0.717) is 0 Å². The highest BCUT2D eigenvalue weighted by atomic mass is 15.2. The van der Waals surface area contributed by atoms with Crippen molar-refractivity contribution in [3.05, 3.63) is 218 Å². The molecule has 9 rings (SSSR count). The molecular weight excluding hydrogens is 629 g/mol. The Morgan fingerprint density at radius 3 is 1.48 bits per heavy atom. The molecule has 2 nitrogen and oxygen atoms in total. The summed E-state index contributed by atoms with van der Waals surface area (Å²) in [5, 5.41) is 4.87. The Morgan fingerprint density at radius 2 is 0.750 bits per heavy atom. The van der Waals surface area contributed by atoms with Crippen LogP contribution in [0.3, 0.4) is 0 Å². The number of benzene rings is 9. The van der Waals surface area contributed by atoms with E-state index in [1.807, 2.05) is 0 Å². The first kappa shape index (κ1) is 31.1. The molecule has 0 aromatic heterocycles. The normalized spacial score (nSPS) is 11.1. The molecule has 0 saturated carbocycles. The second-order valence-electron chi connectivity index (χ2n) is 13.0. The molecule has 0 atom stereocenters. The maximum absolute atomic E-state index is 2.42. The number of nitrogens with zero attached hydrogens (tertiary/aromatic N) is 2. The summed E-state index contributed by atoms with van der Waals surface area (Å²) in [4.78, 5) is 4.74. The van der Waals surface area contributed by atoms with Crippen molar-refractivity contribution in [1.82, 2.24) is 0 Å². The van der Waals surface area contributed by atoms with Crippen LogP contribution in [0.1, 0.15) is 0 Å². The first-order valence-corrected chi connectivity index (χ1v) is 17.8. The van der Waals surface area contributed by atoms with Gasteiger partial charge in [0.05, 0.1) is 5.69 Å². The molecule has 9 aromatic carbocycles. The topological polar surface area (TPSA) is 6.48 Å². The van der Waals surface area contributed by atoms with Crippen molar-refractivity contribution in [1.29, 1.82) is 0 Å². The highest BCUT2D eigenvalue weighted by Crippen LogP contribution is 2.44. The summed E-state index contributed by atoms with van der Waals surface area (Å²) in [5.41, 5.74) is 11.4. The van der Waals surface area contributed by atoms with Crippen LogP contribution >= 0.6 is 0 Å². The van der Waals surface area contributed by atoms with E-state index in [1.54, 1.807) is 0 Å². The first-order chi connectivity index (χ1) is 25.8. The summed E-state index contributed by atoms with van der Waals surface area (Å²) in [6, 6.07) is 78.4. The van der Waals surface area contributed by atoms with Gasteiger partial charge in [0.15, 0.2) is 0 Å². The molecule has 0 spiro atoms. The minimum atomic E-state index is 1.07. The number of rotatable bonds is 8. The lowest BCUT2D eigenvalue weighted by molar-refractivity contribution is 1.25. The van der Waals surface area contributed by atoms with Gasteiger partial charge < -0.3 is 9.80 Å². The molecule has 0 heterocycles. The van der Waals surface area contributed by atoms with E-state index in [2.05, 4.69) is 228 Å². The van der Waals surface area contributed by atoms with Crippen LogP contribution in [0.25, 0.3) is 43.8 Å². The molecular formula is C50H36N2. The molecule has 52 heavy (non-hydrogen) atoms. The quantitative estimate of drug-likeness (QED) is 0.159. The van der Waals surface area contributed by atoms with E-state index in [4.69, 9.17) is 0 Å². The third-order valence-electron chi connectivity index (χ3n) is 9.79. The molecule has 0 bridgehead atoms. The Morgan fingerprint density at radius 1 is 0.250 bits per heavy atom. The van der Waals surface area contributed by atoms with Gasteiger partial charge in [-0.3, -0.25) is 0 Å². The Hall–Kier alpha value is -6.90. The van der Waals surface area contributed by atoms with Crippen molar-refractivity contribution in [3.8, 4) is 22.3 Å². The molecule has 246 valence electrons. The zero-order chi connectivity index (χ0) is 34.7. The fourth-order valence-electron chi connectivity index (χ4n) is 7.35. The lowest BCUT2D eigenvalue weighted by Gasteiger charge is -2.30. The van der Waals surface area contributed by atoms with Crippen molar-refractivity contribution < 1.29 is 0 Å². The second-order valence-corrected chi connectivity index (χ2v) is 13.0. The summed E-state index contributed by atoms with van der Waals surface area (Å²) in [6.07, 6.45) is 0. The third kappa shape index (κ3) is 5.97. The highest BCUT2D eigenvalue weighted by Gasteiger charge is 2.20. The lowest BCUT2D eigenvalue weighted by atomic mass is 9.95. The van der Waals surface area contributed by atoms with Gasteiger partial charge in [0.25, 0.3) is 0 Å².